The van der Waals surface area contributed by atoms with Crippen molar-refractivity contribution in [2.75, 3.05) is 7.11 Å². The zero-order valence-corrected chi connectivity index (χ0v) is 25.2. The van der Waals surface area contributed by atoms with Crippen molar-refractivity contribution in [3.05, 3.63) is 144 Å². The molecule has 8 heteroatoms. The van der Waals surface area contributed by atoms with Gasteiger partial charge < -0.3 is 4.74 Å². The predicted octanol–water partition coefficient (Wildman–Crippen LogP) is 6.12. The lowest BCUT2D eigenvalue weighted by Crippen LogP contribution is -2.40. The number of thioether (sulfide) groups is 1. The lowest BCUT2D eigenvalue weighted by Gasteiger charge is -2.25. The van der Waals surface area contributed by atoms with Crippen LogP contribution in [0.1, 0.15) is 41.6 Å². The SMILES string of the molecule is CCC1=C(C(=O)OC)[C@@H](c2ccccc2)n2c(s/c(=C\c3ccc(SCc4ccccc4C#N)c4ccccc34)c2=O)=N1. The summed E-state index contributed by atoms with van der Waals surface area (Å²) in [6.45, 7) is 1.95. The standard InChI is InChI=1S/C35H27N3O3S2/c1-3-28-31(34(40)41-2)32(22-11-5-4-6-12-22)38-33(39)30(43-35(38)37-28)19-23-17-18-29(27-16-10-9-15-26(23)27)42-21-25-14-8-7-13-24(25)20-36/h4-19,32H,3,21H2,1-2H3/b30-19-/t32-/m1/s1. The van der Waals surface area contributed by atoms with E-state index in [1.54, 1.807) is 16.3 Å². The van der Waals surface area contributed by atoms with Gasteiger partial charge in [-0.05, 0) is 52.1 Å². The number of rotatable bonds is 7. The third-order valence-corrected chi connectivity index (χ3v) is 9.60. The van der Waals surface area contributed by atoms with Crippen LogP contribution < -0.4 is 14.9 Å². The van der Waals surface area contributed by atoms with E-state index in [0.717, 1.165) is 32.4 Å². The number of hydrogen-bond acceptors (Lipinski definition) is 7. The molecule has 0 N–H and O–H groups in total. The first kappa shape index (κ1) is 28.4. The van der Waals surface area contributed by atoms with E-state index >= 15 is 0 Å². The van der Waals surface area contributed by atoms with Crippen LogP contribution >= 0.6 is 23.1 Å². The van der Waals surface area contributed by atoms with Crippen molar-refractivity contribution in [1.82, 2.24) is 4.57 Å². The molecule has 0 fully saturated rings. The Balaban J connectivity index is 1.46. The first-order valence-electron chi connectivity index (χ1n) is 13.8. The number of carbonyl (C=O) groups excluding carboxylic acids is 1. The minimum atomic E-state index is -0.631. The number of nitriles is 1. The average Bonchev–Trinajstić information content (AvgIpc) is 3.37. The van der Waals surface area contributed by atoms with Gasteiger partial charge in [-0.15, -0.1) is 11.8 Å². The van der Waals surface area contributed by atoms with Crippen LogP contribution in [0.25, 0.3) is 16.8 Å². The molecule has 0 saturated carbocycles. The zero-order valence-electron chi connectivity index (χ0n) is 23.6. The second kappa shape index (κ2) is 12.3. The number of thiazole rings is 1. The van der Waals surface area contributed by atoms with Crippen LogP contribution in [-0.4, -0.2) is 17.6 Å². The average molecular weight is 602 g/mol. The number of methoxy groups -OCH3 is 1. The minimum absolute atomic E-state index is 0.204. The molecule has 0 bridgehead atoms. The lowest BCUT2D eigenvalue weighted by atomic mass is 9.95. The van der Waals surface area contributed by atoms with Crippen molar-refractivity contribution in [2.45, 2.75) is 30.0 Å². The molecule has 6 rings (SSSR count). The maximum Gasteiger partial charge on any atom is 0.338 e. The molecule has 4 aromatic carbocycles. The third kappa shape index (κ3) is 5.34. The summed E-state index contributed by atoms with van der Waals surface area (Å²) in [6, 6.07) is 31.1. The first-order chi connectivity index (χ1) is 21.0. The van der Waals surface area contributed by atoms with E-state index < -0.39 is 12.0 Å². The zero-order chi connectivity index (χ0) is 29.9. The van der Waals surface area contributed by atoms with Crippen molar-refractivity contribution in [3.8, 4) is 6.07 Å². The van der Waals surface area contributed by atoms with E-state index in [2.05, 4.69) is 24.3 Å². The van der Waals surface area contributed by atoms with Crippen LogP contribution in [0.15, 0.2) is 117 Å². The van der Waals surface area contributed by atoms with Gasteiger partial charge in [0.2, 0.25) is 0 Å². The molecule has 43 heavy (non-hydrogen) atoms. The summed E-state index contributed by atoms with van der Waals surface area (Å²) in [4.78, 5) is 33.5. The fourth-order valence-corrected chi connectivity index (χ4v) is 7.48. The highest BCUT2D eigenvalue weighted by Gasteiger charge is 2.33. The van der Waals surface area contributed by atoms with Gasteiger partial charge in [0.15, 0.2) is 4.80 Å². The smallest absolute Gasteiger partial charge is 0.338 e. The Labute approximate surface area is 256 Å². The summed E-state index contributed by atoms with van der Waals surface area (Å²) >= 11 is 3.01. The van der Waals surface area contributed by atoms with E-state index in [1.807, 2.05) is 85.8 Å². The summed E-state index contributed by atoms with van der Waals surface area (Å²) in [6.07, 6.45) is 2.45. The van der Waals surface area contributed by atoms with Gasteiger partial charge >= 0.3 is 5.97 Å². The Morgan fingerprint density at radius 3 is 2.49 bits per heavy atom. The van der Waals surface area contributed by atoms with Crippen molar-refractivity contribution in [2.24, 2.45) is 4.99 Å². The summed E-state index contributed by atoms with van der Waals surface area (Å²) < 4.78 is 7.31. The molecule has 1 aliphatic heterocycles. The minimum Gasteiger partial charge on any atom is -0.466 e. The second-order valence-corrected chi connectivity index (χ2v) is 12.0. The van der Waals surface area contributed by atoms with Gasteiger partial charge in [0.05, 0.1) is 40.6 Å². The van der Waals surface area contributed by atoms with Crippen LogP contribution in [0.4, 0.5) is 0 Å². The van der Waals surface area contributed by atoms with Gasteiger partial charge in [-0.2, -0.15) is 5.26 Å². The highest BCUT2D eigenvalue weighted by Crippen LogP contribution is 2.34. The van der Waals surface area contributed by atoms with Crippen molar-refractivity contribution in [3.63, 3.8) is 0 Å². The number of ether oxygens (including phenoxy) is 1. The largest absolute Gasteiger partial charge is 0.466 e. The van der Waals surface area contributed by atoms with E-state index in [-0.39, 0.29) is 5.56 Å². The second-order valence-electron chi connectivity index (χ2n) is 9.96. The van der Waals surface area contributed by atoms with Crippen molar-refractivity contribution >= 4 is 45.9 Å². The first-order valence-corrected chi connectivity index (χ1v) is 15.6. The topological polar surface area (TPSA) is 84.5 Å². The molecule has 0 amide bonds. The van der Waals surface area contributed by atoms with Crippen LogP contribution in [-0.2, 0) is 15.3 Å². The number of fused-ring (bicyclic) bond motifs is 2. The Bertz CT molecular complexity index is 2120. The molecule has 0 radical (unpaired) electrons. The van der Waals surface area contributed by atoms with Gasteiger partial charge in [0.25, 0.3) is 5.56 Å². The molecule has 6 nitrogen and oxygen atoms in total. The summed E-state index contributed by atoms with van der Waals surface area (Å²) in [5.41, 5.74) is 4.22. The molecule has 1 aromatic heterocycles. The van der Waals surface area contributed by atoms with Gasteiger partial charge in [-0.3, -0.25) is 9.36 Å². The summed E-state index contributed by atoms with van der Waals surface area (Å²) in [7, 11) is 1.35. The van der Waals surface area contributed by atoms with Gasteiger partial charge in [0, 0.05) is 10.6 Å². The Hall–Kier alpha value is -4.71. The molecule has 0 unspecified atom stereocenters. The maximum absolute atomic E-state index is 14.1. The van der Waals surface area contributed by atoms with Gasteiger partial charge in [-0.25, -0.2) is 9.79 Å². The fourth-order valence-electron chi connectivity index (χ4n) is 5.41. The van der Waals surface area contributed by atoms with Crippen LogP contribution in [0.3, 0.4) is 0 Å². The van der Waals surface area contributed by atoms with E-state index in [9.17, 15) is 14.9 Å². The molecular formula is C35H27N3O3S2. The van der Waals surface area contributed by atoms with Crippen LogP contribution in [0.2, 0.25) is 0 Å². The maximum atomic E-state index is 14.1. The summed E-state index contributed by atoms with van der Waals surface area (Å²) in [5, 5.41) is 11.6. The monoisotopic (exact) mass is 601 g/mol. The summed E-state index contributed by atoms with van der Waals surface area (Å²) in [5.74, 6) is 0.188. The molecule has 212 valence electrons. The van der Waals surface area contributed by atoms with E-state index in [0.29, 0.717) is 38.3 Å². The van der Waals surface area contributed by atoms with E-state index in [1.165, 1.54) is 18.4 Å². The number of carbonyl (C=O) groups is 1. The molecule has 5 aromatic rings. The lowest BCUT2D eigenvalue weighted by molar-refractivity contribution is -0.136. The van der Waals surface area contributed by atoms with E-state index in [4.69, 9.17) is 9.73 Å². The number of benzene rings is 4. The number of nitrogens with zero attached hydrogens (tertiary/aromatic N) is 3. The Kier molecular flexibility index (Phi) is 8.10. The van der Waals surface area contributed by atoms with Gasteiger partial charge in [0.1, 0.15) is 0 Å². The highest BCUT2D eigenvalue weighted by atomic mass is 32.2. The highest BCUT2D eigenvalue weighted by molar-refractivity contribution is 7.98. The molecular weight excluding hydrogens is 575 g/mol. The number of allylic oxidation sites excluding steroid dienone is 1. The van der Waals surface area contributed by atoms with Crippen molar-refractivity contribution < 1.29 is 9.53 Å². The molecule has 0 spiro atoms. The van der Waals surface area contributed by atoms with Crippen LogP contribution in [0.5, 0.6) is 0 Å². The molecule has 0 saturated heterocycles. The molecule has 0 aliphatic carbocycles. The normalized spacial score (nSPS) is 14.7. The number of esters is 1. The predicted molar refractivity (Wildman–Crippen MR) is 172 cm³/mol. The molecule has 1 aliphatic rings. The van der Waals surface area contributed by atoms with Crippen molar-refractivity contribution in [1.29, 1.82) is 5.26 Å². The number of hydrogen-bond donors (Lipinski definition) is 0. The Morgan fingerprint density at radius 1 is 1.02 bits per heavy atom. The van der Waals surface area contributed by atoms with Crippen LogP contribution in [0, 0.1) is 11.3 Å². The Morgan fingerprint density at radius 2 is 1.74 bits per heavy atom. The number of aromatic nitrogens is 1. The molecule has 2 heterocycles. The quantitative estimate of drug-likeness (QED) is 0.166. The fraction of sp³-hybridized carbons (Fsp3) is 0.143. The third-order valence-electron chi connectivity index (χ3n) is 7.49. The molecule has 1 atom stereocenters. The van der Waals surface area contributed by atoms with Gasteiger partial charge in [-0.1, -0.05) is 97.1 Å².